The van der Waals surface area contributed by atoms with E-state index in [2.05, 4.69) is 9.97 Å². The molecule has 3 rings (SSSR count). The number of hydrogen-bond donors (Lipinski definition) is 2. The Kier molecular flexibility index (Phi) is 4.76. The molecule has 1 amide bonds. The predicted octanol–water partition coefficient (Wildman–Crippen LogP) is 2.35. The number of halogens is 1. The first kappa shape index (κ1) is 16.7. The molecule has 25 heavy (non-hydrogen) atoms. The van der Waals surface area contributed by atoms with Crippen molar-refractivity contribution in [2.24, 2.45) is 5.73 Å². The lowest BCUT2D eigenvalue weighted by atomic mass is 10.2. The molecule has 2 heterocycles. The van der Waals surface area contributed by atoms with E-state index in [0.29, 0.717) is 23.2 Å². The van der Waals surface area contributed by atoms with Gasteiger partial charge < -0.3 is 15.0 Å². The van der Waals surface area contributed by atoms with Gasteiger partial charge in [-0.3, -0.25) is 15.2 Å². The van der Waals surface area contributed by atoms with E-state index in [1.807, 2.05) is 12.1 Å². The van der Waals surface area contributed by atoms with Crippen molar-refractivity contribution in [1.29, 1.82) is 5.41 Å². The van der Waals surface area contributed by atoms with Crippen LogP contribution in [0, 0.1) is 5.41 Å². The molecule has 0 fully saturated rings. The summed E-state index contributed by atoms with van der Waals surface area (Å²) >= 11 is 6.00. The molecule has 0 radical (unpaired) electrons. The van der Waals surface area contributed by atoms with Gasteiger partial charge in [0, 0.05) is 25.1 Å². The van der Waals surface area contributed by atoms with Crippen LogP contribution >= 0.6 is 11.6 Å². The van der Waals surface area contributed by atoms with Gasteiger partial charge in [-0.15, -0.1) is 0 Å². The molecule has 0 aliphatic heterocycles. The fraction of sp³-hybridized carbons (Fsp3) is 0.0588. The van der Waals surface area contributed by atoms with Crippen molar-refractivity contribution in [1.82, 2.24) is 14.5 Å². The molecule has 0 saturated heterocycles. The number of nitrogens with two attached hydrogens (primary N) is 1. The third kappa shape index (κ3) is 4.02. The van der Waals surface area contributed by atoms with Crippen molar-refractivity contribution >= 4 is 17.5 Å². The number of pyridine rings is 1. The second kappa shape index (κ2) is 7.14. The summed E-state index contributed by atoms with van der Waals surface area (Å²) in [7, 11) is 0. The Hall–Kier alpha value is -3.19. The highest BCUT2D eigenvalue weighted by molar-refractivity contribution is 6.30. The molecule has 0 saturated carbocycles. The van der Waals surface area contributed by atoms with E-state index in [1.165, 1.54) is 12.3 Å². The number of benzene rings is 1. The summed E-state index contributed by atoms with van der Waals surface area (Å²) < 4.78 is 7.13. The molecule has 3 N–H and O–H groups in total. The first-order chi connectivity index (χ1) is 12.0. The number of primary amides is 1. The maximum absolute atomic E-state index is 11.4. The van der Waals surface area contributed by atoms with E-state index in [9.17, 15) is 4.79 Å². The maximum Gasteiger partial charge on any atom is 0.252 e. The zero-order valence-electron chi connectivity index (χ0n) is 13.0. The first-order valence-electron chi connectivity index (χ1n) is 7.30. The predicted molar refractivity (Wildman–Crippen MR) is 91.5 cm³/mol. The van der Waals surface area contributed by atoms with Gasteiger partial charge >= 0.3 is 0 Å². The molecule has 0 bridgehead atoms. The average Bonchev–Trinajstić information content (AvgIpc) is 2.60. The van der Waals surface area contributed by atoms with Gasteiger partial charge in [-0.1, -0.05) is 23.7 Å². The Balaban J connectivity index is 1.80. The van der Waals surface area contributed by atoms with Crippen molar-refractivity contribution in [2.75, 3.05) is 0 Å². The standard InChI is InChI=1S/C17H14ClN5O2/c18-12-7-14(17(20)24)16(19)23(10-12)9-11-1-3-13(4-2-11)25-15-8-21-5-6-22-15/h1-8,10,19H,9H2,(H2,20,24). The zero-order valence-corrected chi connectivity index (χ0v) is 13.8. The van der Waals surface area contributed by atoms with Crippen LogP contribution < -0.4 is 16.0 Å². The van der Waals surface area contributed by atoms with Crippen LogP contribution in [0.5, 0.6) is 11.6 Å². The van der Waals surface area contributed by atoms with Gasteiger partial charge in [-0.05, 0) is 23.8 Å². The van der Waals surface area contributed by atoms with Crippen molar-refractivity contribution in [3.63, 3.8) is 0 Å². The van der Waals surface area contributed by atoms with E-state index in [1.54, 1.807) is 35.3 Å². The van der Waals surface area contributed by atoms with Gasteiger partial charge in [-0.2, -0.15) is 0 Å². The minimum Gasteiger partial charge on any atom is -0.438 e. The molecule has 0 aliphatic carbocycles. The second-order valence-electron chi connectivity index (χ2n) is 5.20. The molecule has 0 atom stereocenters. The largest absolute Gasteiger partial charge is 0.438 e. The lowest BCUT2D eigenvalue weighted by Gasteiger charge is -2.11. The molecule has 0 spiro atoms. The Labute approximate surface area is 148 Å². The fourth-order valence-electron chi connectivity index (χ4n) is 2.24. The minimum atomic E-state index is -0.686. The van der Waals surface area contributed by atoms with Crippen molar-refractivity contribution in [3.8, 4) is 11.6 Å². The molecule has 126 valence electrons. The number of nitrogens with zero attached hydrogens (tertiary/aromatic N) is 3. The van der Waals surface area contributed by atoms with Crippen molar-refractivity contribution in [3.05, 3.63) is 76.8 Å². The molecule has 3 aromatic rings. The van der Waals surface area contributed by atoms with Gasteiger partial charge in [-0.25, -0.2) is 4.98 Å². The number of carbonyl (C=O) groups excluding carboxylic acids is 1. The average molecular weight is 356 g/mol. The van der Waals surface area contributed by atoms with Gasteiger partial charge in [0.15, 0.2) is 0 Å². The number of rotatable bonds is 5. The maximum atomic E-state index is 11.4. The quantitative estimate of drug-likeness (QED) is 0.732. The van der Waals surface area contributed by atoms with Crippen LogP contribution in [0.4, 0.5) is 0 Å². The van der Waals surface area contributed by atoms with Crippen LogP contribution in [0.1, 0.15) is 15.9 Å². The Morgan fingerprint density at radius 3 is 2.68 bits per heavy atom. The molecule has 2 aromatic heterocycles. The van der Waals surface area contributed by atoms with E-state index < -0.39 is 5.91 Å². The van der Waals surface area contributed by atoms with Gasteiger partial charge in [0.05, 0.1) is 16.8 Å². The Morgan fingerprint density at radius 1 is 1.28 bits per heavy atom. The second-order valence-corrected chi connectivity index (χ2v) is 5.64. The Bertz CT molecular complexity index is 955. The topological polar surface area (TPSA) is 107 Å². The highest BCUT2D eigenvalue weighted by Gasteiger charge is 2.09. The normalized spacial score (nSPS) is 10.4. The summed E-state index contributed by atoms with van der Waals surface area (Å²) in [6.45, 7) is 0.366. The molecule has 0 unspecified atom stereocenters. The number of nitrogens with one attached hydrogen (secondary N) is 1. The van der Waals surface area contributed by atoms with Gasteiger partial charge in [0.25, 0.3) is 5.91 Å². The Morgan fingerprint density at radius 2 is 2.04 bits per heavy atom. The van der Waals surface area contributed by atoms with Crippen molar-refractivity contribution in [2.45, 2.75) is 6.54 Å². The van der Waals surface area contributed by atoms with E-state index >= 15 is 0 Å². The first-order valence-corrected chi connectivity index (χ1v) is 7.68. The van der Waals surface area contributed by atoms with E-state index in [0.717, 1.165) is 5.56 Å². The fourth-order valence-corrected chi connectivity index (χ4v) is 2.47. The molecular formula is C17H14ClN5O2. The number of carbonyl (C=O) groups is 1. The van der Waals surface area contributed by atoms with Crippen LogP contribution in [0.25, 0.3) is 0 Å². The molecular weight excluding hydrogens is 342 g/mol. The molecule has 8 heteroatoms. The summed E-state index contributed by atoms with van der Waals surface area (Å²) in [5.41, 5.74) is 6.28. The van der Waals surface area contributed by atoms with E-state index in [-0.39, 0.29) is 11.1 Å². The highest BCUT2D eigenvalue weighted by Crippen LogP contribution is 2.19. The van der Waals surface area contributed by atoms with E-state index in [4.69, 9.17) is 27.5 Å². The number of ether oxygens (including phenoxy) is 1. The van der Waals surface area contributed by atoms with Crippen LogP contribution in [0.3, 0.4) is 0 Å². The van der Waals surface area contributed by atoms with Crippen LogP contribution in [-0.2, 0) is 6.54 Å². The van der Waals surface area contributed by atoms with Crippen LogP contribution in [0.15, 0.2) is 55.1 Å². The van der Waals surface area contributed by atoms with Crippen molar-refractivity contribution < 1.29 is 9.53 Å². The van der Waals surface area contributed by atoms with Gasteiger partial charge in [0.1, 0.15) is 11.2 Å². The zero-order chi connectivity index (χ0) is 17.8. The molecule has 1 aromatic carbocycles. The third-order valence-corrected chi connectivity index (χ3v) is 3.61. The lowest BCUT2D eigenvalue weighted by Crippen LogP contribution is -2.29. The summed E-state index contributed by atoms with van der Waals surface area (Å²) in [5, 5.41) is 8.42. The summed E-state index contributed by atoms with van der Waals surface area (Å²) in [4.78, 5) is 19.4. The summed E-state index contributed by atoms with van der Waals surface area (Å²) in [5.74, 6) is 0.331. The minimum absolute atomic E-state index is 0.0109. The third-order valence-electron chi connectivity index (χ3n) is 3.41. The highest BCUT2D eigenvalue weighted by atomic mass is 35.5. The summed E-state index contributed by atoms with van der Waals surface area (Å²) in [6.07, 6.45) is 6.22. The number of amides is 1. The monoisotopic (exact) mass is 355 g/mol. The van der Waals surface area contributed by atoms with Gasteiger partial charge in [0.2, 0.25) is 5.88 Å². The van der Waals surface area contributed by atoms with Crippen LogP contribution in [0.2, 0.25) is 5.02 Å². The van der Waals surface area contributed by atoms with Crippen LogP contribution in [-0.4, -0.2) is 20.4 Å². The summed E-state index contributed by atoms with van der Waals surface area (Å²) in [6, 6.07) is 8.66. The number of hydrogen-bond acceptors (Lipinski definition) is 5. The molecule has 0 aliphatic rings. The smallest absolute Gasteiger partial charge is 0.252 e. The SMILES string of the molecule is N=c1c(C(N)=O)cc(Cl)cn1Cc1ccc(Oc2cnccn2)cc1. The molecule has 7 nitrogen and oxygen atoms in total. The number of aromatic nitrogens is 3. The lowest BCUT2D eigenvalue weighted by molar-refractivity contribution is 0.0998.